The predicted octanol–water partition coefficient (Wildman–Crippen LogP) is 3.33. The maximum atomic E-state index is 12.2. The second-order valence-corrected chi connectivity index (χ2v) is 7.03. The summed E-state index contributed by atoms with van der Waals surface area (Å²) in [6, 6.07) is 5.21. The fourth-order valence-electron chi connectivity index (χ4n) is 3.52. The first-order valence-electron chi connectivity index (χ1n) is 7.90. The number of likely N-dealkylation sites (tertiary alicyclic amines) is 1. The quantitative estimate of drug-likeness (QED) is 0.923. The van der Waals surface area contributed by atoms with Crippen LogP contribution in [-0.2, 0) is 4.79 Å². The Hall–Kier alpha value is -0.870. The van der Waals surface area contributed by atoms with Gasteiger partial charge in [-0.25, -0.2) is 0 Å². The van der Waals surface area contributed by atoms with E-state index in [4.69, 9.17) is 0 Å². The highest BCUT2D eigenvalue weighted by atomic mass is 32.1. The summed E-state index contributed by atoms with van der Waals surface area (Å²) < 4.78 is 0. The lowest BCUT2D eigenvalue weighted by atomic mass is 9.95. The van der Waals surface area contributed by atoms with Gasteiger partial charge in [0.25, 0.3) is 0 Å². The molecule has 110 valence electrons. The van der Waals surface area contributed by atoms with E-state index in [0.717, 1.165) is 6.54 Å². The summed E-state index contributed by atoms with van der Waals surface area (Å²) in [5, 5.41) is 5.37. The van der Waals surface area contributed by atoms with Crippen molar-refractivity contribution < 1.29 is 4.79 Å². The summed E-state index contributed by atoms with van der Waals surface area (Å²) in [6.07, 6.45) is 8.61. The molecule has 20 heavy (non-hydrogen) atoms. The van der Waals surface area contributed by atoms with E-state index >= 15 is 0 Å². The molecule has 1 saturated heterocycles. The topological polar surface area (TPSA) is 32.3 Å². The Morgan fingerprint density at radius 2 is 2.10 bits per heavy atom. The van der Waals surface area contributed by atoms with Crippen molar-refractivity contribution in [1.29, 1.82) is 0 Å². The van der Waals surface area contributed by atoms with Gasteiger partial charge in [0.05, 0.1) is 6.54 Å². The highest BCUT2D eigenvalue weighted by Crippen LogP contribution is 2.34. The van der Waals surface area contributed by atoms with Gasteiger partial charge in [-0.05, 0) is 43.7 Å². The lowest BCUT2D eigenvalue weighted by molar-refractivity contribution is -0.123. The Labute approximate surface area is 125 Å². The lowest BCUT2D eigenvalue weighted by Gasteiger charge is -2.26. The van der Waals surface area contributed by atoms with Crippen molar-refractivity contribution in [1.82, 2.24) is 10.2 Å². The molecule has 3 rings (SSSR count). The van der Waals surface area contributed by atoms with Gasteiger partial charge >= 0.3 is 0 Å². The van der Waals surface area contributed by atoms with E-state index in [2.05, 4.69) is 27.7 Å². The summed E-state index contributed by atoms with van der Waals surface area (Å²) in [5.74, 6) is 0.223. The standard InChI is InChI=1S/C16H24N2OS/c19-16(17-13-6-2-1-3-7-13)12-18-10-4-8-14(18)15-9-5-11-20-15/h5,9,11,13-14H,1-4,6-8,10,12H2,(H,17,19). The number of nitrogens with zero attached hydrogens (tertiary/aromatic N) is 1. The minimum Gasteiger partial charge on any atom is -0.352 e. The molecule has 4 heteroatoms. The third kappa shape index (κ3) is 3.41. The van der Waals surface area contributed by atoms with E-state index in [9.17, 15) is 4.79 Å². The van der Waals surface area contributed by atoms with Crippen LogP contribution in [0.25, 0.3) is 0 Å². The van der Waals surface area contributed by atoms with E-state index in [1.54, 1.807) is 0 Å². The Balaban J connectivity index is 1.52. The minimum absolute atomic E-state index is 0.223. The van der Waals surface area contributed by atoms with Crippen molar-refractivity contribution in [3.05, 3.63) is 22.4 Å². The molecule has 1 aliphatic heterocycles. The SMILES string of the molecule is O=C(CN1CCCC1c1cccs1)NC1CCCCC1. The van der Waals surface area contributed by atoms with Gasteiger partial charge in [0.2, 0.25) is 5.91 Å². The molecular weight excluding hydrogens is 268 g/mol. The van der Waals surface area contributed by atoms with Gasteiger partial charge in [-0.15, -0.1) is 11.3 Å². The van der Waals surface area contributed by atoms with Crippen LogP contribution in [0, 0.1) is 0 Å². The Morgan fingerprint density at radius 3 is 2.85 bits per heavy atom. The molecule has 3 nitrogen and oxygen atoms in total. The van der Waals surface area contributed by atoms with Gasteiger partial charge in [0, 0.05) is 17.0 Å². The van der Waals surface area contributed by atoms with Gasteiger partial charge in [-0.1, -0.05) is 25.3 Å². The number of hydrogen-bond donors (Lipinski definition) is 1. The molecule has 0 aromatic carbocycles. The van der Waals surface area contributed by atoms with Crippen LogP contribution in [0.15, 0.2) is 17.5 Å². The molecule has 2 fully saturated rings. The fraction of sp³-hybridized carbons (Fsp3) is 0.688. The summed E-state index contributed by atoms with van der Waals surface area (Å²) in [5.41, 5.74) is 0. The molecule has 1 saturated carbocycles. The lowest BCUT2D eigenvalue weighted by Crippen LogP contribution is -2.42. The molecule has 1 aromatic heterocycles. The van der Waals surface area contributed by atoms with Crippen molar-refractivity contribution in [2.75, 3.05) is 13.1 Å². The third-order valence-corrected chi connectivity index (χ3v) is 5.53. The molecule has 1 aromatic rings. The molecule has 1 amide bonds. The molecule has 0 bridgehead atoms. The molecule has 1 atom stereocenters. The number of amides is 1. The molecule has 1 aliphatic carbocycles. The van der Waals surface area contributed by atoms with Crippen molar-refractivity contribution >= 4 is 17.2 Å². The van der Waals surface area contributed by atoms with Crippen LogP contribution < -0.4 is 5.32 Å². The summed E-state index contributed by atoms with van der Waals surface area (Å²) in [4.78, 5) is 16.0. The minimum atomic E-state index is 0.223. The van der Waals surface area contributed by atoms with E-state index in [1.165, 1.54) is 49.8 Å². The van der Waals surface area contributed by atoms with E-state index in [-0.39, 0.29) is 5.91 Å². The number of carbonyl (C=O) groups is 1. The third-order valence-electron chi connectivity index (χ3n) is 4.55. The first kappa shape index (κ1) is 14.1. The summed E-state index contributed by atoms with van der Waals surface area (Å²) in [7, 11) is 0. The highest BCUT2D eigenvalue weighted by Gasteiger charge is 2.28. The van der Waals surface area contributed by atoms with Gasteiger partial charge in [-0.2, -0.15) is 0 Å². The highest BCUT2D eigenvalue weighted by molar-refractivity contribution is 7.10. The van der Waals surface area contributed by atoms with Crippen LogP contribution in [0.5, 0.6) is 0 Å². The van der Waals surface area contributed by atoms with Crippen molar-refractivity contribution in [3.8, 4) is 0 Å². The molecular formula is C16H24N2OS. The van der Waals surface area contributed by atoms with E-state index < -0.39 is 0 Å². The number of nitrogens with one attached hydrogen (secondary N) is 1. The first-order valence-corrected chi connectivity index (χ1v) is 8.78. The molecule has 0 spiro atoms. The van der Waals surface area contributed by atoms with E-state index in [0.29, 0.717) is 18.6 Å². The van der Waals surface area contributed by atoms with Crippen molar-refractivity contribution in [3.63, 3.8) is 0 Å². The second-order valence-electron chi connectivity index (χ2n) is 6.05. The van der Waals surface area contributed by atoms with Crippen LogP contribution in [-0.4, -0.2) is 29.9 Å². The Morgan fingerprint density at radius 1 is 1.25 bits per heavy atom. The zero-order valence-corrected chi connectivity index (χ0v) is 12.8. The molecule has 0 radical (unpaired) electrons. The number of hydrogen-bond acceptors (Lipinski definition) is 3. The Bertz CT molecular complexity index is 426. The van der Waals surface area contributed by atoms with Crippen LogP contribution >= 0.6 is 11.3 Å². The Kier molecular flexibility index (Phi) is 4.73. The molecule has 1 unspecified atom stereocenters. The maximum absolute atomic E-state index is 12.2. The van der Waals surface area contributed by atoms with Crippen LogP contribution in [0.4, 0.5) is 0 Å². The fourth-order valence-corrected chi connectivity index (χ4v) is 4.42. The monoisotopic (exact) mass is 292 g/mol. The molecule has 1 N–H and O–H groups in total. The van der Waals surface area contributed by atoms with Crippen LogP contribution in [0.1, 0.15) is 55.9 Å². The van der Waals surface area contributed by atoms with Crippen molar-refractivity contribution in [2.24, 2.45) is 0 Å². The normalized spacial score (nSPS) is 24.9. The zero-order valence-electron chi connectivity index (χ0n) is 12.0. The predicted molar refractivity (Wildman–Crippen MR) is 82.9 cm³/mol. The van der Waals surface area contributed by atoms with Gasteiger partial charge in [-0.3, -0.25) is 9.69 Å². The van der Waals surface area contributed by atoms with Crippen molar-refractivity contribution in [2.45, 2.75) is 57.0 Å². The second kappa shape index (κ2) is 6.72. The van der Waals surface area contributed by atoms with Gasteiger partial charge < -0.3 is 5.32 Å². The maximum Gasteiger partial charge on any atom is 0.234 e. The van der Waals surface area contributed by atoms with Gasteiger partial charge in [0.15, 0.2) is 0 Å². The average molecular weight is 292 g/mol. The largest absolute Gasteiger partial charge is 0.352 e. The number of thiophene rings is 1. The summed E-state index contributed by atoms with van der Waals surface area (Å²) >= 11 is 1.81. The molecule has 2 heterocycles. The average Bonchev–Trinajstić information content (AvgIpc) is 3.10. The van der Waals surface area contributed by atoms with Crippen LogP contribution in [0.2, 0.25) is 0 Å². The van der Waals surface area contributed by atoms with Gasteiger partial charge in [0.1, 0.15) is 0 Å². The molecule has 2 aliphatic rings. The summed E-state index contributed by atoms with van der Waals surface area (Å²) in [6.45, 7) is 1.62. The number of rotatable bonds is 4. The van der Waals surface area contributed by atoms with E-state index in [1.807, 2.05) is 11.3 Å². The van der Waals surface area contributed by atoms with Crippen LogP contribution in [0.3, 0.4) is 0 Å². The number of carbonyl (C=O) groups excluding carboxylic acids is 1. The zero-order chi connectivity index (χ0) is 13.8. The first-order chi connectivity index (χ1) is 9.83. The smallest absolute Gasteiger partial charge is 0.234 e.